The minimum atomic E-state index is 0.714. The molecule has 0 aromatic carbocycles. The van der Waals surface area contributed by atoms with Gasteiger partial charge < -0.3 is 5.32 Å². The van der Waals surface area contributed by atoms with E-state index in [4.69, 9.17) is 0 Å². The van der Waals surface area contributed by atoms with Crippen molar-refractivity contribution in [2.24, 2.45) is 0 Å². The van der Waals surface area contributed by atoms with E-state index in [1.807, 2.05) is 0 Å². The number of fused-ring (bicyclic) bond motifs is 1. The van der Waals surface area contributed by atoms with Gasteiger partial charge in [-0.15, -0.1) is 0 Å². The smallest absolute Gasteiger partial charge is 0.0253 e. The van der Waals surface area contributed by atoms with Gasteiger partial charge in [-0.3, -0.25) is 9.80 Å². The Labute approximate surface area is 125 Å². The second-order valence-electron chi connectivity index (χ2n) is 7.29. The first-order valence-corrected chi connectivity index (χ1v) is 8.96. The lowest BCUT2D eigenvalue weighted by Crippen LogP contribution is -2.62. The van der Waals surface area contributed by atoms with Gasteiger partial charge in [0.2, 0.25) is 0 Å². The Morgan fingerprint density at radius 3 is 2.50 bits per heavy atom. The fourth-order valence-corrected chi connectivity index (χ4v) is 4.87. The highest BCUT2D eigenvalue weighted by Gasteiger charge is 2.39. The molecular weight excluding hydrogens is 246 g/mol. The van der Waals surface area contributed by atoms with Crippen molar-refractivity contribution in [1.29, 1.82) is 0 Å². The van der Waals surface area contributed by atoms with Crippen LogP contribution >= 0.6 is 0 Å². The third kappa shape index (κ3) is 3.05. The van der Waals surface area contributed by atoms with Gasteiger partial charge in [-0.1, -0.05) is 25.7 Å². The Hall–Kier alpha value is -0.120. The third-order valence-electron chi connectivity index (χ3n) is 6.01. The summed E-state index contributed by atoms with van der Waals surface area (Å²) in [4.78, 5) is 5.62. The van der Waals surface area contributed by atoms with Crippen molar-refractivity contribution < 1.29 is 0 Å². The van der Waals surface area contributed by atoms with E-state index in [0.29, 0.717) is 6.04 Å². The van der Waals surface area contributed by atoms with Crippen molar-refractivity contribution in [3.63, 3.8) is 0 Å². The summed E-state index contributed by atoms with van der Waals surface area (Å²) in [5.41, 5.74) is 0. The number of likely N-dealkylation sites (N-methyl/N-ethyl adjacent to an activating group) is 1. The van der Waals surface area contributed by atoms with Gasteiger partial charge in [-0.2, -0.15) is 0 Å². The Bertz CT molecular complexity index is 307. The quantitative estimate of drug-likeness (QED) is 0.838. The van der Waals surface area contributed by atoms with Crippen LogP contribution in [-0.2, 0) is 0 Å². The minimum Gasteiger partial charge on any atom is -0.315 e. The van der Waals surface area contributed by atoms with Gasteiger partial charge in [0.15, 0.2) is 0 Å². The molecule has 4 atom stereocenters. The molecule has 0 bridgehead atoms. The fraction of sp³-hybridized carbons (Fsp3) is 1.00. The number of nitrogens with zero attached hydrogens (tertiary/aromatic N) is 2. The van der Waals surface area contributed by atoms with Crippen molar-refractivity contribution >= 4 is 0 Å². The first-order valence-electron chi connectivity index (χ1n) is 8.96. The van der Waals surface area contributed by atoms with Crippen LogP contribution in [0.25, 0.3) is 0 Å². The van der Waals surface area contributed by atoms with E-state index in [9.17, 15) is 0 Å². The van der Waals surface area contributed by atoms with Crippen molar-refractivity contribution in [1.82, 2.24) is 15.1 Å². The maximum Gasteiger partial charge on any atom is 0.0253 e. The number of hydrogen-bond donors (Lipinski definition) is 1. The van der Waals surface area contributed by atoms with Crippen molar-refractivity contribution in [3.05, 3.63) is 0 Å². The average Bonchev–Trinajstić information content (AvgIpc) is 2.85. The average molecular weight is 279 g/mol. The van der Waals surface area contributed by atoms with Crippen LogP contribution in [0.2, 0.25) is 0 Å². The van der Waals surface area contributed by atoms with Gasteiger partial charge in [0, 0.05) is 37.3 Å². The van der Waals surface area contributed by atoms with Crippen molar-refractivity contribution in [2.75, 3.05) is 26.7 Å². The predicted octanol–water partition coefficient (Wildman–Crippen LogP) is 2.47. The van der Waals surface area contributed by atoms with Gasteiger partial charge in [0.05, 0.1) is 0 Å². The molecule has 0 spiro atoms. The van der Waals surface area contributed by atoms with E-state index in [1.54, 1.807) is 0 Å². The van der Waals surface area contributed by atoms with Gasteiger partial charge in [0.1, 0.15) is 0 Å². The Morgan fingerprint density at radius 1 is 0.900 bits per heavy atom. The van der Waals surface area contributed by atoms with Crippen LogP contribution in [0.3, 0.4) is 0 Å². The normalized spacial score (nSPS) is 41.1. The Morgan fingerprint density at radius 2 is 1.70 bits per heavy atom. The van der Waals surface area contributed by atoms with E-state index >= 15 is 0 Å². The van der Waals surface area contributed by atoms with E-state index in [2.05, 4.69) is 29.1 Å². The first-order chi connectivity index (χ1) is 9.79. The molecule has 3 aliphatic rings. The molecule has 0 aromatic rings. The van der Waals surface area contributed by atoms with E-state index in [-0.39, 0.29) is 0 Å². The third-order valence-corrected chi connectivity index (χ3v) is 6.01. The predicted molar refractivity (Wildman–Crippen MR) is 85.1 cm³/mol. The highest BCUT2D eigenvalue weighted by atomic mass is 15.3. The van der Waals surface area contributed by atoms with Crippen molar-refractivity contribution in [3.8, 4) is 0 Å². The van der Waals surface area contributed by atoms with Gasteiger partial charge in [0.25, 0.3) is 0 Å². The molecule has 0 amide bonds. The Kier molecular flexibility index (Phi) is 5.00. The van der Waals surface area contributed by atoms with Crippen LogP contribution in [0.4, 0.5) is 0 Å². The zero-order valence-electron chi connectivity index (χ0n) is 13.5. The second kappa shape index (κ2) is 6.76. The molecule has 3 heteroatoms. The van der Waals surface area contributed by atoms with Crippen LogP contribution in [0.1, 0.15) is 58.3 Å². The van der Waals surface area contributed by atoms with Crippen LogP contribution in [0.15, 0.2) is 0 Å². The maximum atomic E-state index is 3.64. The maximum absolute atomic E-state index is 3.64. The SMILES string of the molecule is CNC1CCCCCCC1N1CC2CCCN2CC1C. The van der Waals surface area contributed by atoms with E-state index in [1.165, 1.54) is 71.0 Å². The van der Waals surface area contributed by atoms with Gasteiger partial charge in [-0.05, 0) is 46.2 Å². The molecule has 3 nitrogen and oxygen atoms in total. The van der Waals surface area contributed by atoms with Crippen LogP contribution in [-0.4, -0.2) is 60.6 Å². The summed E-state index contributed by atoms with van der Waals surface area (Å²) in [7, 11) is 2.18. The zero-order valence-corrected chi connectivity index (χ0v) is 13.5. The zero-order chi connectivity index (χ0) is 13.9. The molecule has 116 valence electrons. The minimum absolute atomic E-state index is 0.714. The van der Waals surface area contributed by atoms with Crippen LogP contribution in [0.5, 0.6) is 0 Å². The molecule has 20 heavy (non-hydrogen) atoms. The molecule has 3 rings (SSSR count). The summed E-state index contributed by atoms with van der Waals surface area (Å²) in [6.07, 6.45) is 11.4. The second-order valence-corrected chi connectivity index (χ2v) is 7.29. The summed E-state index contributed by atoms with van der Waals surface area (Å²) < 4.78 is 0. The number of hydrogen-bond acceptors (Lipinski definition) is 3. The highest BCUT2D eigenvalue weighted by Crippen LogP contribution is 2.30. The Balaban J connectivity index is 1.70. The van der Waals surface area contributed by atoms with Crippen LogP contribution < -0.4 is 5.32 Å². The molecule has 1 N–H and O–H groups in total. The monoisotopic (exact) mass is 279 g/mol. The van der Waals surface area contributed by atoms with Crippen LogP contribution in [0, 0.1) is 0 Å². The molecule has 1 saturated carbocycles. The summed E-state index contributed by atoms with van der Waals surface area (Å²) in [6.45, 7) is 6.44. The highest BCUT2D eigenvalue weighted by molar-refractivity contribution is 4.96. The summed E-state index contributed by atoms with van der Waals surface area (Å²) >= 11 is 0. The topological polar surface area (TPSA) is 18.5 Å². The van der Waals surface area contributed by atoms with E-state index in [0.717, 1.165) is 18.1 Å². The lowest BCUT2D eigenvalue weighted by atomic mass is 9.89. The standard InChI is InChI=1S/C17H33N3/c1-14-12-19-11-7-8-15(19)13-20(14)17-10-6-4-3-5-9-16(17)18-2/h14-18H,3-13H2,1-2H3. The van der Waals surface area contributed by atoms with Gasteiger partial charge in [-0.25, -0.2) is 0 Å². The van der Waals surface area contributed by atoms with Crippen molar-refractivity contribution in [2.45, 2.75) is 82.5 Å². The summed E-state index contributed by atoms with van der Waals surface area (Å²) in [5, 5.41) is 3.64. The first kappa shape index (κ1) is 14.8. The molecule has 2 saturated heterocycles. The summed E-state index contributed by atoms with van der Waals surface area (Å²) in [5.74, 6) is 0. The number of nitrogens with one attached hydrogen (secondary N) is 1. The summed E-state index contributed by atoms with van der Waals surface area (Å²) in [6, 6.07) is 3.09. The fourth-order valence-electron chi connectivity index (χ4n) is 4.87. The molecule has 0 aromatic heterocycles. The molecule has 2 aliphatic heterocycles. The molecule has 0 radical (unpaired) electrons. The molecule has 1 aliphatic carbocycles. The van der Waals surface area contributed by atoms with E-state index < -0.39 is 0 Å². The molecule has 2 heterocycles. The lowest BCUT2D eigenvalue weighted by molar-refractivity contribution is 0.00949. The number of piperazine rings is 1. The molecular formula is C17H33N3. The molecule has 3 fully saturated rings. The van der Waals surface area contributed by atoms with Gasteiger partial charge >= 0.3 is 0 Å². The molecule has 4 unspecified atom stereocenters. The largest absolute Gasteiger partial charge is 0.315 e. The number of rotatable bonds is 2. The lowest BCUT2D eigenvalue weighted by Gasteiger charge is -2.48.